The Hall–Kier alpha value is -1.49. The van der Waals surface area contributed by atoms with Crippen molar-refractivity contribution in [2.45, 2.75) is 19.4 Å². The molecule has 1 fully saturated rings. The average Bonchev–Trinajstić information content (AvgIpc) is 2.04. The summed E-state index contributed by atoms with van der Waals surface area (Å²) < 4.78 is 0. The maximum Gasteiger partial charge on any atom is 0.292 e. The smallest absolute Gasteiger partial charge is 0.292 e. The van der Waals surface area contributed by atoms with Crippen LogP contribution in [0.3, 0.4) is 0 Å². The molecule has 1 aromatic heterocycles. The highest BCUT2D eigenvalue weighted by Crippen LogP contribution is 2.29. The topological polar surface area (TPSA) is 68.1 Å². The lowest BCUT2D eigenvalue weighted by Crippen LogP contribution is -2.36. The van der Waals surface area contributed by atoms with Crippen LogP contribution in [0.1, 0.15) is 23.7 Å². The fourth-order valence-corrected chi connectivity index (χ4v) is 1.50. The summed E-state index contributed by atoms with van der Waals surface area (Å²) in [7, 11) is 0. The van der Waals surface area contributed by atoms with Gasteiger partial charge in [-0.05, 0) is 25.5 Å². The first-order chi connectivity index (χ1) is 6.68. The van der Waals surface area contributed by atoms with Gasteiger partial charge >= 0.3 is 0 Å². The number of hydrogen-bond donors (Lipinski definition) is 1. The van der Waals surface area contributed by atoms with Crippen LogP contribution in [0.2, 0.25) is 0 Å². The predicted molar refractivity (Wildman–Crippen MR) is 51.0 cm³/mol. The maximum absolute atomic E-state index is 10.8. The average molecular weight is 193 g/mol. The Bertz CT molecular complexity index is 374. The zero-order valence-electron chi connectivity index (χ0n) is 7.86. The Kier molecular flexibility index (Phi) is 2.17. The molecule has 5 nitrogen and oxygen atoms in total. The van der Waals surface area contributed by atoms with Crippen LogP contribution in [0.4, 0.5) is 5.69 Å². The van der Waals surface area contributed by atoms with Gasteiger partial charge in [0.15, 0.2) is 0 Å². The molecule has 14 heavy (non-hydrogen) atoms. The van der Waals surface area contributed by atoms with E-state index in [0.717, 1.165) is 18.5 Å². The van der Waals surface area contributed by atoms with E-state index >= 15 is 0 Å². The Morgan fingerprint density at radius 2 is 2.43 bits per heavy atom. The number of aryl methyl sites for hydroxylation is 1. The van der Waals surface area contributed by atoms with E-state index in [0.29, 0.717) is 5.69 Å². The quantitative estimate of drug-likeness (QED) is 0.568. The second-order valence-corrected chi connectivity index (χ2v) is 3.47. The highest BCUT2D eigenvalue weighted by Gasteiger charge is 2.27. The normalized spacial score (nSPS) is 20.2. The summed E-state index contributed by atoms with van der Waals surface area (Å²) >= 11 is 0. The van der Waals surface area contributed by atoms with Crippen LogP contribution in [-0.2, 0) is 0 Å². The van der Waals surface area contributed by atoms with E-state index < -0.39 is 0 Å². The molecule has 2 heterocycles. The molecule has 74 valence electrons. The molecule has 1 atom stereocenters. The van der Waals surface area contributed by atoms with Crippen LogP contribution in [0.5, 0.6) is 0 Å². The Morgan fingerprint density at radius 1 is 1.71 bits per heavy atom. The summed E-state index contributed by atoms with van der Waals surface area (Å²) in [4.78, 5) is 14.5. The van der Waals surface area contributed by atoms with Gasteiger partial charge in [0, 0.05) is 12.3 Å². The van der Waals surface area contributed by atoms with Crippen LogP contribution in [0.15, 0.2) is 12.3 Å². The van der Waals surface area contributed by atoms with E-state index in [4.69, 9.17) is 0 Å². The molecule has 1 aliphatic heterocycles. The van der Waals surface area contributed by atoms with Crippen molar-refractivity contribution >= 4 is 5.69 Å². The highest BCUT2D eigenvalue weighted by atomic mass is 16.6. The molecule has 0 aromatic carbocycles. The molecule has 0 radical (unpaired) electrons. The van der Waals surface area contributed by atoms with Gasteiger partial charge in [0.05, 0.1) is 11.0 Å². The van der Waals surface area contributed by atoms with Crippen LogP contribution in [0, 0.1) is 17.0 Å². The van der Waals surface area contributed by atoms with E-state index in [1.807, 2.05) is 0 Å². The van der Waals surface area contributed by atoms with Crippen molar-refractivity contribution in [3.8, 4) is 0 Å². The molecule has 0 amide bonds. The number of pyridine rings is 1. The monoisotopic (exact) mass is 193 g/mol. The van der Waals surface area contributed by atoms with Gasteiger partial charge in [0.1, 0.15) is 5.69 Å². The molecule has 1 N–H and O–H groups in total. The summed E-state index contributed by atoms with van der Waals surface area (Å²) in [6.45, 7) is 2.72. The third-order valence-electron chi connectivity index (χ3n) is 2.38. The molecular formula is C9H11N3O2. The van der Waals surface area contributed by atoms with E-state index in [2.05, 4.69) is 10.3 Å². The summed E-state index contributed by atoms with van der Waals surface area (Å²) in [6, 6.07) is 1.64. The molecule has 2 rings (SSSR count). The molecule has 5 heteroatoms. The van der Waals surface area contributed by atoms with Crippen molar-refractivity contribution in [2.75, 3.05) is 6.54 Å². The van der Waals surface area contributed by atoms with Crippen LogP contribution in [-0.4, -0.2) is 16.5 Å². The van der Waals surface area contributed by atoms with Gasteiger partial charge in [-0.3, -0.25) is 15.1 Å². The fourth-order valence-electron chi connectivity index (χ4n) is 1.50. The zero-order chi connectivity index (χ0) is 10.1. The minimum atomic E-state index is -0.366. The fraction of sp³-hybridized carbons (Fsp3) is 0.444. The van der Waals surface area contributed by atoms with Gasteiger partial charge < -0.3 is 5.32 Å². The van der Waals surface area contributed by atoms with Gasteiger partial charge in [0.2, 0.25) is 0 Å². The lowest BCUT2D eigenvalue weighted by molar-refractivity contribution is -0.386. The summed E-state index contributed by atoms with van der Waals surface area (Å²) in [5.41, 5.74) is 1.51. The molecule has 0 saturated carbocycles. The van der Waals surface area contributed by atoms with Crippen molar-refractivity contribution in [2.24, 2.45) is 0 Å². The molecule has 0 bridgehead atoms. The van der Waals surface area contributed by atoms with Gasteiger partial charge in [-0.25, -0.2) is 0 Å². The summed E-state index contributed by atoms with van der Waals surface area (Å²) in [6.07, 6.45) is 2.60. The van der Waals surface area contributed by atoms with Crippen LogP contribution < -0.4 is 5.32 Å². The second-order valence-electron chi connectivity index (χ2n) is 3.47. The molecular weight excluding hydrogens is 182 g/mol. The lowest BCUT2D eigenvalue weighted by Gasteiger charge is -2.26. The molecule has 1 unspecified atom stereocenters. The Balaban J connectivity index is 2.41. The van der Waals surface area contributed by atoms with Gasteiger partial charge in [0.25, 0.3) is 5.69 Å². The van der Waals surface area contributed by atoms with E-state index in [1.54, 1.807) is 19.2 Å². The SMILES string of the molecule is Cc1cnc(C2CCN2)c([N+](=O)[O-])c1. The number of hydrogen-bond acceptors (Lipinski definition) is 4. The third kappa shape index (κ3) is 1.46. The third-order valence-corrected chi connectivity index (χ3v) is 2.38. The largest absolute Gasteiger partial charge is 0.308 e. The van der Waals surface area contributed by atoms with Crippen molar-refractivity contribution in [3.05, 3.63) is 33.6 Å². The first-order valence-corrected chi connectivity index (χ1v) is 4.53. The Morgan fingerprint density at radius 3 is 2.93 bits per heavy atom. The highest BCUT2D eigenvalue weighted by molar-refractivity contribution is 5.40. The van der Waals surface area contributed by atoms with Crippen molar-refractivity contribution in [1.82, 2.24) is 10.3 Å². The number of aromatic nitrogens is 1. The first kappa shape index (κ1) is 9.08. The number of rotatable bonds is 2. The van der Waals surface area contributed by atoms with Crippen molar-refractivity contribution in [3.63, 3.8) is 0 Å². The van der Waals surface area contributed by atoms with Gasteiger partial charge in [-0.2, -0.15) is 0 Å². The Labute approximate surface area is 81.3 Å². The second kappa shape index (κ2) is 3.34. The van der Waals surface area contributed by atoms with E-state index in [9.17, 15) is 10.1 Å². The van der Waals surface area contributed by atoms with Crippen molar-refractivity contribution < 1.29 is 4.92 Å². The van der Waals surface area contributed by atoms with Crippen LogP contribution >= 0.6 is 0 Å². The van der Waals surface area contributed by atoms with E-state index in [1.165, 1.54) is 0 Å². The maximum atomic E-state index is 10.8. The van der Waals surface area contributed by atoms with Gasteiger partial charge in [-0.1, -0.05) is 0 Å². The van der Waals surface area contributed by atoms with E-state index in [-0.39, 0.29) is 16.7 Å². The number of nitrogens with zero attached hydrogens (tertiary/aromatic N) is 2. The molecule has 1 aliphatic rings. The zero-order valence-corrected chi connectivity index (χ0v) is 7.86. The standard InChI is InChI=1S/C9H11N3O2/c1-6-4-8(12(13)14)9(11-5-6)7-2-3-10-7/h4-5,7,10H,2-3H2,1H3. The van der Waals surface area contributed by atoms with Crippen molar-refractivity contribution in [1.29, 1.82) is 0 Å². The molecule has 0 spiro atoms. The summed E-state index contributed by atoms with van der Waals surface area (Å²) in [5, 5.41) is 13.9. The lowest BCUT2D eigenvalue weighted by atomic mass is 10.0. The summed E-state index contributed by atoms with van der Waals surface area (Å²) in [5.74, 6) is 0. The number of nitro groups is 1. The molecule has 1 aromatic rings. The van der Waals surface area contributed by atoms with Crippen LogP contribution in [0.25, 0.3) is 0 Å². The minimum absolute atomic E-state index is 0.0657. The minimum Gasteiger partial charge on any atom is -0.308 e. The first-order valence-electron chi connectivity index (χ1n) is 4.53. The number of nitrogens with one attached hydrogen (secondary N) is 1. The van der Waals surface area contributed by atoms with Gasteiger partial charge in [-0.15, -0.1) is 0 Å². The predicted octanol–water partition coefficient (Wildman–Crippen LogP) is 1.33. The molecule has 0 aliphatic carbocycles. The molecule has 1 saturated heterocycles.